The molecule has 3 aromatic carbocycles. The molecular weight excluding hydrogens is 551 g/mol. The van der Waals surface area contributed by atoms with Crippen molar-refractivity contribution < 1.29 is 13.2 Å². The van der Waals surface area contributed by atoms with Crippen LogP contribution in [0.25, 0.3) is 10.2 Å². The number of sulfonamides is 1. The van der Waals surface area contributed by atoms with Crippen LogP contribution in [0, 0.1) is 0 Å². The van der Waals surface area contributed by atoms with E-state index >= 15 is 0 Å². The van der Waals surface area contributed by atoms with Crippen LogP contribution in [0.15, 0.2) is 77.7 Å². The summed E-state index contributed by atoms with van der Waals surface area (Å²) in [5, 5.41) is 1.06. The largest absolute Gasteiger partial charge is 0.302 e. The number of likely N-dealkylation sites (N-methyl/N-ethyl adjacent to an activating group) is 1. The van der Waals surface area contributed by atoms with Gasteiger partial charge in [-0.25, -0.2) is 13.4 Å². The number of carbonyl (C=O) groups excluding carboxylic acids is 1. The molecule has 4 rings (SSSR count). The van der Waals surface area contributed by atoms with Crippen molar-refractivity contribution in [2.75, 3.05) is 35.8 Å². The lowest BCUT2D eigenvalue weighted by atomic mass is 10.2. The van der Waals surface area contributed by atoms with E-state index in [9.17, 15) is 13.2 Å². The lowest BCUT2D eigenvalue weighted by Crippen LogP contribution is -2.38. The number of hydrogen-bond acceptors (Lipinski definition) is 6. The molecule has 0 fully saturated rings. The molecule has 196 valence electrons. The number of nitrogens with zero attached hydrogens (tertiary/aromatic N) is 3. The minimum atomic E-state index is -3.84. The van der Waals surface area contributed by atoms with E-state index in [4.69, 9.17) is 16.6 Å². The maximum atomic E-state index is 13.7. The second kappa shape index (κ2) is 12.7. The standard InChI is InChI=1S/C26H27ClN4O3S2.ClH/c1-3-30(4-2)16-17-31(26-28-23-10-5-6-11-24(23)35-26)25(32)19-8-7-9-21(18-19)29-36(33,34)22-14-12-20(27)13-15-22;/h5-15,18,29H,3-4,16-17H2,1-2H3;1H. The highest BCUT2D eigenvalue weighted by molar-refractivity contribution is 7.92. The van der Waals surface area contributed by atoms with E-state index in [0.29, 0.717) is 34.5 Å². The lowest BCUT2D eigenvalue weighted by molar-refractivity contribution is 0.0984. The van der Waals surface area contributed by atoms with E-state index in [2.05, 4.69) is 23.5 Å². The zero-order valence-corrected chi connectivity index (χ0v) is 23.6. The Bertz CT molecular complexity index is 1420. The Labute approximate surface area is 232 Å². The number of carbonyl (C=O) groups is 1. The summed E-state index contributed by atoms with van der Waals surface area (Å²) in [6.45, 7) is 7.08. The molecule has 0 aliphatic rings. The van der Waals surface area contributed by atoms with Crippen molar-refractivity contribution in [3.63, 3.8) is 0 Å². The van der Waals surface area contributed by atoms with Gasteiger partial charge in [0, 0.05) is 29.4 Å². The number of nitrogens with one attached hydrogen (secondary N) is 1. The molecule has 0 atom stereocenters. The molecule has 0 saturated carbocycles. The number of thiazole rings is 1. The number of benzene rings is 3. The molecule has 0 saturated heterocycles. The number of aromatic nitrogens is 1. The highest BCUT2D eigenvalue weighted by Crippen LogP contribution is 2.30. The van der Waals surface area contributed by atoms with E-state index in [-0.39, 0.29) is 23.2 Å². The fourth-order valence-electron chi connectivity index (χ4n) is 3.74. The molecular formula is C26H28Cl2N4O3S2. The third-order valence-corrected chi connectivity index (χ3v) is 8.49. The number of anilines is 2. The monoisotopic (exact) mass is 578 g/mol. The van der Waals surface area contributed by atoms with Gasteiger partial charge in [-0.2, -0.15) is 0 Å². The van der Waals surface area contributed by atoms with Gasteiger partial charge in [0.25, 0.3) is 15.9 Å². The van der Waals surface area contributed by atoms with Crippen molar-refractivity contribution in [1.82, 2.24) is 9.88 Å². The van der Waals surface area contributed by atoms with Crippen LogP contribution >= 0.6 is 35.3 Å². The fourth-order valence-corrected chi connectivity index (χ4v) is 5.91. The van der Waals surface area contributed by atoms with Gasteiger partial charge in [-0.05, 0) is 67.7 Å². The first-order valence-electron chi connectivity index (χ1n) is 11.6. The minimum Gasteiger partial charge on any atom is -0.302 e. The Kier molecular flexibility index (Phi) is 9.92. The molecule has 11 heteroatoms. The quantitative estimate of drug-likeness (QED) is 0.243. The fraction of sp³-hybridized carbons (Fsp3) is 0.231. The number of amides is 1. The molecule has 0 aliphatic heterocycles. The van der Waals surface area contributed by atoms with Gasteiger partial charge >= 0.3 is 0 Å². The first-order chi connectivity index (χ1) is 17.3. The predicted octanol–water partition coefficient (Wildman–Crippen LogP) is 6.16. The van der Waals surface area contributed by atoms with E-state index in [1.807, 2.05) is 24.3 Å². The van der Waals surface area contributed by atoms with Gasteiger partial charge in [0.15, 0.2) is 5.13 Å². The molecule has 0 unspecified atom stereocenters. The van der Waals surface area contributed by atoms with Crippen molar-refractivity contribution in [3.05, 3.63) is 83.4 Å². The number of rotatable bonds is 10. The molecule has 7 nitrogen and oxygen atoms in total. The minimum absolute atomic E-state index is 0. The number of fused-ring (bicyclic) bond motifs is 1. The SMILES string of the molecule is CCN(CC)CCN(C(=O)c1cccc(NS(=O)(=O)c2ccc(Cl)cc2)c1)c1nc2ccccc2s1.Cl. The Morgan fingerprint density at radius 3 is 2.35 bits per heavy atom. The van der Waals surface area contributed by atoms with Crippen LogP contribution < -0.4 is 9.62 Å². The van der Waals surface area contributed by atoms with Crippen LogP contribution in [0.3, 0.4) is 0 Å². The van der Waals surface area contributed by atoms with Crippen molar-refractivity contribution >= 4 is 72.3 Å². The Morgan fingerprint density at radius 2 is 1.68 bits per heavy atom. The molecule has 0 aliphatic carbocycles. The smallest absolute Gasteiger partial charge is 0.261 e. The molecule has 37 heavy (non-hydrogen) atoms. The van der Waals surface area contributed by atoms with Crippen LogP contribution in [-0.2, 0) is 10.0 Å². The average molecular weight is 580 g/mol. The highest BCUT2D eigenvalue weighted by atomic mass is 35.5. The second-order valence-electron chi connectivity index (χ2n) is 8.09. The van der Waals surface area contributed by atoms with Crippen molar-refractivity contribution in [1.29, 1.82) is 0 Å². The summed E-state index contributed by atoms with van der Waals surface area (Å²) in [5.41, 5.74) is 1.50. The molecule has 1 aromatic heterocycles. The van der Waals surface area contributed by atoms with Gasteiger partial charge in [-0.3, -0.25) is 14.4 Å². The number of halogens is 2. The summed E-state index contributed by atoms with van der Waals surface area (Å²) in [6, 6.07) is 20.2. The van der Waals surface area contributed by atoms with E-state index in [0.717, 1.165) is 23.3 Å². The first-order valence-corrected chi connectivity index (χ1v) is 14.3. The van der Waals surface area contributed by atoms with Crippen LogP contribution in [0.5, 0.6) is 0 Å². The Balaban J connectivity index is 0.00000380. The third-order valence-electron chi connectivity index (χ3n) is 5.78. The van der Waals surface area contributed by atoms with Crippen molar-refractivity contribution in [2.45, 2.75) is 18.7 Å². The predicted molar refractivity (Wildman–Crippen MR) is 155 cm³/mol. The first kappa shape index (κ1) is 28.9. The van der Waals surface area contributed by atoms with Gasteiger partial charge in [0.1, 0.15) is 0 Å². The lowest BCUT2D eigenvalue weighted by Gasteiger charge is -2.25. The van der Waals surface area contributed by atoms with Crippen LogP contribution in [0.1, 0.15) is 24.2 Å². The zero-order valence-electron chi connectivity index (χ0n) is 20.4. The highest BCUT2D eigenvalue weighted by Gasteiger charge is 2.23. The van der Waals surface area contributed by atoms with E-state index in [1.165, 1.54) is 35.6 Å². The average Bonchev–Trinajstić information content (AvgIpc) is 3.30. The third kappa shape index (κ3) is 7.00. The van der Waals surface area contributed by atoms with Crippen molar-refractivity contribution in [3.8, 4) is 0 Å². The molecule has 1 amide bonds. The van der Waals surface area contributed by atoms with Crippen molar-refractivity contribution in [2.24, 2.45) is 0 Å². The molecule has 0 spiro atoms. The summed E-state index contributed by atoms with van der Waals surface area (Å²) in [5.74, 6) is -0.242. The van der Waals surface area contributed by atoms with Gasteiger partial charge in [-0.1, -0.05) is 55.0 Å². The molecule has 0 bridgehead atoms. The summed E-state index contributed by atoms with van der Waals surface area (Å²) < 4.78 is 29.2. The van der Waals surface area contributed by atoms with E-state index in [1.54, 1.807) is 29.2 Å². The molecule has 1 heterocycles. The number of para-hydroxylation sites is 1. The maximum absolute atomic E-state index is 13.7. The van der Waals surface area contributed by atoms with Gasteiger partial charge in [0.2, 0.25) is 0 Å². The maximum Gasteiger partial charge on any atom is 0.261 e. The zero-order chi connectivity index (χ0) is 25.7. The summed E-state index contributed by atoms with van der Waals surface area (Å²) in [6.07, 6.45) is 0. The summed E-state index contributed by atoms with van der Waals surface area (Å²) in [7, 11) is -3.84. The van der Waals surface area contributed by atoms with E-state index < -0.39 is 10.0 Å². The topological polar surface area (TPSA) is 82.6 Å². The van der Waals surface area contributed by atoms with Gasteiger partial charge < -0.3 is 4.90 Å². The normalized spacial score (nSPS) is 11.4. The Hall–Kier alpha value is -2.69. The van der Waals surface area contributed by atoms with Gasteiger partial charge in [0.05, 0.1) is 15.1 Å². The molecule has 1 N–H and O–H groups in total. The Morgan fingerprint density at radius 1 is 0.973 bits per heavy atom. The van der Waals surface area contributed by atoms with Crippen LogP contribution in [0.4, 0.5) is 10.8 Å². The van der Waals surface area contributed by atoms with Crippen LogP contribution in [-0.4, -0.2) is 50.4 Å². The van der Waals surface area contributed by atoms with Gasteiger partial charge in [-0.15, -0.1) is 12.4 Å². The summed E-state index contributed by atoms with van der Waals surface area (Å²) >= 11 is 7.34. The molecule has 0 radical (unpaired) electrons. The summed E-state index contributed by atoms with van der Waals surface area (Å²) in [4.78, 5) is 22.4. The number of hydrogen-bond donors (Lipinski definition) is 1. The van der Waals surface area contributed by atoms with Crippen LogP contribution in [0.2, 0.25) is 5.02 Å². The second-order valence-corrected chi connectivity index (χ2v) is 11.2. The molecule has 4 aromatic rings.